The molecule has 1 saturated carbocycles. The molecule has 27 heavy (non-hydrogen) atoms. The largest absolute Gasteiger partial charge is 0.493 e. The van der Waals surface area contributed by atoms with Crippen LogP contribution in [0.5, 0.6) is 11.5 Å². The number of urea groups is 1. The molecular formula is C20H31N3O4. The number of nitrogens with zero attached hydrogens (tertiary/aromatic N) is 1. The Labute approximate surface area is 161 Å². The van der Waals surface area contributed by atoms with Crippen molar-refractivity contribution < 1.29 is 19.1 Å². The number of hydrogen-bond donors (Lipinski definition) is 2. The first kappa shape index (κ1) is 20.9. The molecule has 0 bridgehead atoms. The van der Waals surface area contributed by atoms with Crippen LogP contribution in [0.15, 0.2) is 18.2 Å². The van der Waals surface area contributed by atoms with Gasteiger partial charge in [0.15, 0.2) is 11.5 Å². The summed E-state index contributed by atoms with van der Waals surface area (Å²) in [6.45, 7) is 0.793. The highest BCUT2D eigenvalue weighted by atomic mass is 16.5. The monoisotopic (exact) mass is 377 g/mol. The molecule has 3 amide bonds. The highest BCUT2D eigenvalue weighted by Crippen LogP contribution is 2.27. The maximum absolute atomic E-state index is 12.3. The lowest BCUT2D eigenvalue weighted by Crippen LogP contribution is -2.43. The van der Waals surface area contributed by atoms with Crippen LogP contribution in [0.3, 0.4) is 0 Å². The minimum Gasteiger partial charge on any atom is -0.493 e. The van der Waals surface area contributed by atoms with Gasteiger partial charge in [0.25, 0.3) is 0 Å². The van der Waals surface area contributed by atoms with Gasteiger partial charge in [0.2, 0.25) is 5.91 Å². The van der Waals surface area contributed by atoms with E-state index in [2.05, 4.69) is 10.6 Å². The fourth-order valence-electron chi connectivity index (χ4n) is 3.30. The summed E-state index contributed by atoms with van der Waals surface area (Å²) in [5, 5.41) is 5.76. The molecule has 1 aromatic rings. The Balaban J connectivity index is 1.72. The molecule has 0 radical (unpaired) electrons. The molecule has 7 heteroatoms. The number of nitrogens with one attached hydrogen (secondary N) is 2. The summed E-state index contributed by atoms with van der Waals surface area (Å²) in [5.41, 5.74) is 0.950. The molecule has 1 aromatic carbocycles. The smallest absolute Gasteiger partial charge is 0.315 e. The number of amides is 3. The van der Waals surface area contributed by atoms with Gasteiger partial charge in [0, 0.05) is 32.6 Å². The summed E-state index contributed by atoms with van der Waals surface area (Å²) in [6.07, 6.45) is 5.94. The first-order chi connectivity index (χ1) is 13.0. The summed E-state index contributed by atoms with van der Waals surface area (Å²) in [4.78, 5) is 25.8. The van der Waals surface area contributed by atoms with Gasteiger partial charge in [-0.05, 0) is 30.5 Å². The fraction of sp³-hybridized carbons (Fsp3) is 0.600. The SMILES string of the molecule is COc1ccc(CN(C)C(=O)CCNC(=O)NC2CCCCC2)cc1OC. The second kappa shape index (κ2) is 10.6. The molecule has 1 aliphatic rings. The topological polar surface area (TPSA) is 79.9 Å². The zero-order valence-electron chi connectivity index (χ0n) is 16.5. The predicted molar refractivity (Wildman–Crippen MR) is 104 cm³/mol. The van der Waals surface area contributed by atoms with Crippen molar-refractivity contribution >= 4 is 11.9 Å². The maximum atomic E-state index is 12.3. The Hall–Kier alpha value is -2.44. The molecule has 1 aliphatic carbocycles. The molecule has 0 heterocycles. The van der Waals surface area contributed by atoms with Gasteiger partial charge in [-0.15, -0.1) is 0 Å². The molecular weight excluding hydrogens is 346 g/mol. The molecule has 0 saturated heterocycles. The van der Waals surface area contributed by atoms with E-state index in [1.807, 2.05) is 18.2 Å². The molecule has 0 aromatic heterocycles. The second-order valence-electron chi connectivity index (χ2n) is 6.92. The lowest BCUT2D eigenvalue weighted by Gasteiger charge is -2.23. The van der Waals surface area contributed by atoms with E-state index in [9.17, 15) is 9.59 Å². The average Bonchev–Trinajstić information content (AvgIpc) is 2.68. The Morgan fingerprint density at radius 2 is 1.81 bits per heavy atom. The van der Waals surface area contributed by atoms with Gasteiger partial charge >= 0.3 is 6.03 Å². The molecule has 0 aliphatic heterocycles. The van der Waals surface area contributed by atoms with E-state index in [1.165, 1.54) is 19.3 Å². The van der Waals surface area contributed by atoms with Crippen LogP contribution in [-0.2, 0) is 11.3 Å². The number of methoxy groups -OCH3 is 2. The number of benzene rings is 1. The van der Waals surface area contributed by atoms with Crippen LogP contribution in [0.2, 0.25) is 0 Å². The minimum atomic E-state index is -0.183. The summed E-state index contributed by atoms with van der Waals surface area (Å²) in [5.74, 6) is 1.27. The number of rotatable bonds is 8. The van der Waals surface area contributed by atoms with Gasteiger partial charge in [0.1, 0.15) is 0 Å². The van der Waals surface area contributed by atoms with Gasteiger partial charge in [-0.3, -0.25) is 4.79 Å². The van der Waals surface area contributed by atoms with E-state index < -0.39 is 0 Å². The lowest BCUT2D eigenvalue weighted by molar-refractivity contribution is -0.130. The van der Waals surface area contributed by atoms with Crippen molar-refractivity contribution in [1.82, 2.24) is 15.5 Å². The summed E-state index contributed by atoms with van der Waals surface area (Å²) < 4.78 is 10.5. The third-order valence-corrected chi connectivity index (χ3v) is 4.86. The first-order valence-electron chi connectivity index (χ1n) is 9.52. The van der Waals surface area contributed by atoms with Crippen molar-refractivity contribution in [2.75, 3.05) is 27.8 Å². The molecule has 2 rings (SSSR count). The summed E-state index contributed by atoms with van der Waals surface area (Å²) in [7, 11) is 4.92. The van der Waals surface area contributed by atoms with Gasteiger partial charge in [0.05, 0.1) is 14.2 Å². The standard InChI is InChI=1S/C20H31N3O4/c1-23(14-15-9-10-17(26-2)18(13-15)27-3)19(24)11-12-21-20(25)22-16-7-5-4-6-8-16/h9-10,13,16H,4-8,11-12,14H2,1-3H3,(H2,21,22,25). The van der Waals surface area contributed by atoms with E-state index in [1.54, 1.807) is 26.2 Å². The van der Waals surface area contributed by atoms with Crippen LogP contribution in [0.1, 0.15) is 44.1 Å². The number of hydrogen-bond acceptors (Lipinski definition) is 4. The van der Waals surface area contributed by atoms with Gasteiger partial charge in [-0.2, -0.15) is 0 Å². The zero-order chi connectivity index (χ0) is 19.6. The number of ether oxygens (including phenoxy) is 2. The normalized spacial score (nSPS) is 14.3. The van der Waals surface area contributed by atoms with Crippen LogP contribution >= 0.6 is 0 Å². The zero-order valence-corrected chi connectivity index (χ0v) is 16.5. The number of carbonyl (C=O) groups is 2. The van der Waals surface area contributed by atoms with Crippen molar-refractivity contribution in [1.29, 1.82) is 0 Å². The van der Waals surface area contributed by atoms with Crippen LogP contribution < -0.4 is 20.1 Å². The Bertz CT molecular complexity index is 630. The molecule has 1 fully saturated rings. The summed E-state index contributed by atoms with van der Waals surface area (Å²) in [6, 6.07) is 5.67. The van der Waals surface area contributed by atoms with E-state index >= 15 is 0 Å². The van der Waals surface area contributed by atoms with Gasteiger partial charge in [-0.1, -0.05) is 25.3 Å². The van der Waals surface area contributed by atoms with Crippen LogP contribution in [0.4, 0.5) is 4.79 Å². The molecule has 2 N–H and O–H groups in total. The number of carbonyl (C=O) groups excluding carboxylic acids is 2. The highest BCUT2D eigenvalue weighted by molar-refractivity contribution is 5.78. The molecule has 0 spiro atoms. The highest BCUT2D eigenvalue weighted by Gasteiger charge is 2.16. The van der Waals surface area contributed by atoms with E-state index in [-0.39, 0.29) is 24.4 Å². The first-order valence-corrected chi connectivity index (χ1v) is 9.52. The van der Waals surface area contributed by atoms with E-state index in [0.29, 0.717) is 24.6 Å². The van der Waals surface area contributed by atoms with E-state index in [0.717, 1.165) is 18.4 Å². The molecule has 150 valence electrons. The Kier molecular flexibility index (Phi) is 8.23. The second-order valence-corrected chi connectivity index (χ2v) is 6.92. The Morgan fingerprint density at radius 1 is 1.11 bits per heavy atom. The average molecular weight is 377 g/mol. The predicted octanol–water partition coefficient (Wildman–Crippen LogP) is 2.68. The van der Waals surface area contributed by atoms with Crippen molar-refractivity contribution in [3.63, 3.8) is 0 Å². The quantitative estimate of drug-likeness (QED) is 0.730. The third-order valence-electron chi connectivity index (χ3n) is 4.86. The third kappa shape index (κ3) is 6.66. The lowest BCUT2D eigenvalue weighted by atomic mass is 9.96. The van der Waals surface area contributed by atoms with Crippen LogP contribution in [0.25, 0.3) is 0 Å². The van der Waals surface area contributed by atoms with Crippen molar-refractivity contribution in [3.8, 4) is 11.5 Å². The Morgan fingerprint density at radius 3 is 2.48 bits per heavy atom. The van der Waals surface area contributed by atoms with Gasteiger partial charge in [-0.25, -0.2) is 4.79 Å². The minimum absolute atomic E-state index is 0.0252. The van der Waals surface area contributed by atoms with Gasteiger partial charge < -0.3 is 25.0 Å². The van der Waals surface area contributed by atoms with Crippen LogP contribution in [0, 0.1) is 0 Å². The molecule has 0 atom stereocenters. The maximum Gasteiger partial charge on any atom is 0.315 e. The van der Waals surface area contributed by atoms with Crippen molar-refractivity contribution in [2.24, 2.45) is 0 Å². The molecule has 0 unspecified atom stereocenters. The molecule has 7 nitrogen and oxygen atoms in total. The summed E-state index contributed by atoms with van der Waals surface area (Å²) >= 11 is 0. The van der Waals surface area contributed by atoms with Crippen LogP contribution in [-0.4, -0.2) is 50.7 Å². The van der Waals surface area contributed by atoms with Crippen molar-refractivity contribution in [2.45, 2.75) is 51.1 Å². The van der Waals surface area contributed by atoms with Crippen molar-refractivity contribution in [3.05, 3.63) is 23.8 Å². The van der Waals surface area contributed by atoms with E-state index in [4.69, 9.17) is 9.47 Å². The fourth-order valence-corrected chi connectivity index (χ4v) is 3.30.